The van der Waals surface area contributed by atoms with Crippen molar-refractivity contribution in [1.29, 1.82) is 0 Å². The molecule has 0 heterocycles. The molecular formula is C14H15BrF4O. The van der Waals surface area contributed by atoms with Gasteiger partial charge in [-0.2, -0.15) is 13.2 Å². The van der Waals surface area contributed by atoms with Crippen LogP contribution in [0, 0.1) is 11.7 Å². The van der Waals surface area contributed by atoms with Crippen molar-refractivity contribution < 1.29 is 22.7 Å². The minimum absolute atomic E-state index is 0.0483. The van der Waals surface area contributed by atoms with E-state index in [0.717, 1.165) is 0 Å². The van der Waals surface area contributed by atoms with Gasteiger partial charge in [0.15, 0.2) is 0 Å². The summed E-state index contributed by atoms with van der Waals surface area (Å²) in [5, 5.41) is 10.4. The van der Waals surface area contributed by atoms with Crippen molar-refractivity contribution in [1.82, 2.24) is 0 Å². The van der Waals surface area contributed by atoms with E-state index < -0.39 is 23.5 Å². The molecule has 0 saturated heterocycles. The van der Waals surface area contributed by atoms with Crippen molar-refractivity contribution in [2.24, 2.45) is 5.92 Å². The number of alkyl halides is 3. The van der Waals surface area contributed by atoms with Gasteiger partial charge in [0.1, 0.15) is 5.82 Å². The van der Waals surface area contributed by atoms with E-state index in [4.69, 9.17) is 0 Å². The number of hydrogen-bond donors (Lipinski definition) is 1. The predicted octanol–water partition coefficient (Wildman–Crippen LogP) is 4.61. The number of halogens is 5. The van der Waals surface area contributed by atoms with Crippen molar-refractivity contribution in [3.8, 4) is 0 Å². The summed E-state index contributed by atoms with van der Waals surface area (Å²) in [4.78, 5) is 0. The maximum Gasteiger partial charge on any atom is 0.391 e. The van der Waals surface area contributed by atoms with Crippen molar-refractivity contribution in [3.63, 3.8) is 0 Å². The average molecular weight is 355 g/mol. The molecule has 0 amide bonds. The summed E-state index contributed by atoms with van der Waals surface area (Å²) in [6.07, 6.45) is -4.25. The summed E-state index contributed by atoms with van der Waals surface area (Å²) in [5.41, 5.74) is -0.905. The largest absolute Gasteiger partial charge is 0.391 e. The molecule has 0 aliphatic heterocycles. The van der Waals surface area contributed by atoms with Crippen LogP contribution >= 0.6 is 15.9 Å². The van der Waals surface area contributed by atoms with Gasteiger partial charge in [0.25, 0.3) is 0 Å². The van der Waals surface area contributed by atoms with E-state index in [9.17, 15) is 22.7 Å². The first-order chi connectivity index (χ1) is 9.20. The zero-order valence-electron chi connectivity index (χ0n) is 10.7. The zero-order chi connectivity index (χ0) is 15.0. The summed E-state index contributed by atoms with van der Waals surface area (Å²) < 4.78 is 52.1. The molecule has 6 heteroatoms. The standard InChI is InChI=1S/C14H15BrF4O/c15-11-2-1-9(12(16)7-11)8-13(20)5-3-10(4-6-13)14(17,18)19/h1-2,7,10,20H,3-6,8H2. The SMILES string of the molecule is OC1(Cc2ccc(Br)cc2F)CCC(C(F)(F)F)CC1. The lowest BCUT2D eigenvalue weighted by Gasteiger charge is -2.36. The molecular weight excluding hydrogens is 340 g/mol. The van der Waals surface area contributed by atoms with Crippen LogP contribution < -0.4 is 0 Å². The lowest BCUT2D eigenvalue weighted by Crippen LogP contribution is -2.40. The van der Waals surface area contributed by atoms with E-state index in [0.29, 0.717) is 10.0 Å². The van der Waals surface area contributed by atoms with E-state index in [1.165, 1.54) is 6.07 Å². The number of aliphatic hydroxyl groups is 1. The molecule has 0 radical (unpaired) electrons. The van der Waals surface area contributed by atoms with Crippen LogP contribution in [0.25, 0.3) is 0 Å². The molecule has 0 bridgehead atoms. The second-order valence-electron chi connectivity index (χ2n) is 5.45. The van der Waals surface area contributed by atoms with Gasteiger partial charge in [0.2, 0.25) is 0 Å². The molecule has 0 spiro atoms. The third kappa shape index (κ3) is 3.73. The van der Waals surface area contributed by atoms with E-state index >= 15 is 0 Å². The van der Waals surface area contributed by atoms with Gasteiger partial charge < -0.3 is 5.11 Å². The monoisotopic (exact) mass is 354 g/mol. The van der Waals surface area contributed by atoms with Gasteiger partial charge in [-0.15, -0.1) is 0 Å². The van der Waals surface area contributed by atoms with E-state index in [1.54, 1.807) is 12.1 Å². The van der Waals surface area contributed by atoms with E-state index in [1.807, 2.05) is 0 Å². The predicted molar refractivity (Wildman–Crippen MR) is 70.8 cm³/mol. The number of benzene rings is 1. The minimum Gasteiger partial charge on any atom is -0.390 e. The highest BCUT2D eigenvalue weighted by atomic mass is 79.9. The Hall–Kier alpha value is -0.620. The first-order valence-corrected chi connectivity index (χ1v) is 7.22. The zero-order valence-corrected chi connectivity index (χ0v) is 12.3. The Balaban J connectivity index is 2.03. The van der Waals surface area contributed by atoms with Crippen molar-refractivity contribution in [2.45, 2.75) is 43.9 Å². The molecule has 1 nitrogen and oxygen atoms in total. The van der Waals surface area contributed by atoms with Crippen LogP contribution in [-0.2, 0) is 6.42 Å². The lowest BCUT2D eigenvalue weighted by atomic mass is 9.75. The van der Waals surface area contributed by atoms with Crippen LogP contribution in [0.15, 0.2) is 22.7 Å². The van der Waals surface area contributed by atoms with E-state index in [2.05, 4.69) is 15.9 Å². The van der Waals surface area contributed by atoms with Crippen LogP contribution in [0.5, 0.6) is 0 Å². The fourth-order valence-corrected chi connectivity index (χ4v) is 3.01. The molecule has 1 saturated carbocycles. The normalized spacial score (nSPS) is 27.6. The second-order valence-corrected chi connectivity index (χ2v) is 6.37. The van der Waals surface area contributed by atoms with Crippen molar-refractivity contribution >= 4 is 15.9 Å². The van der Waals surface area contributed by atoms with Gasteiger partial charge in [0, 0.05) is 10.9 Å². The Morgan fingerprint density at radius 3 is 2.35 bits per heavy atom. The lowest BCUT2D eigenvalue weighted by molar-refractivity contribution is -0.192. The summed E-state index contributed by atoms with van der Waals surface area (Å²) in [6.45, 7) is 0. The molecule has 0 atom stereocenters. The molecule has 1 fully saturated rings. The first-order valence-electron chi connectivity index (χ1n) is 6.43. The summed E-state index contributed by atoms with van der Waals surface area (Å²) >= 11 is 3.14. The van der Waals surface area contributed by atoms with Gasteiger partial charge in [-0.25, -0.2) is 4.39 Å². The smallest absolute Gasteiger partial charge is 0.390 e. The Bertz CT molecular complexity index is 479. The molecule has 0 unspecified atom stereocenters. The highest BCUT2D eigenvalue weighted by Crippen LogP contribution is 2.42. The van der Waals surface area contributed by atoms with Crippen LogP contribution in [0.3, 0.4) is 0 Å². The third-order valence-electron chi connectivity index (χ3n) is 3.91. The fourth-order valence-electron chi connectivity index (χ4n) is 2.68. The van der Waals surface area contributed by atoms with Crippen LogP contribution in [0.2, 0.25) is 0 Å². The van der Waals surface area contributed by atoms with Crippen molar-refractivity contribution in [3.05, 3.63) is 34.1 Å². The van der Waals surface area contributed by atoms with Crippen LogP contribution in [0.4, 0.5) is 17.6 Å². The molecule has 0 aromatic heterocycles. The molecule has 1 N–H and O–H groups in total. The Morgan fingerprint density at radius 2 is 1.85 bits per heavy atom. The van der Waals surface area contributed by atoms with E-state index in [-0.39, 0.29) is 32.1 Å². The van der Waals surface area contributed by atoms with Crippen LogP contribution in [0.1, 0.15) is 31.2 Å². The molecule has 1 aliphatic carbocycles. The average Bonchev–Trinajstić information content (AvgIpc) is 2.32. The Labute approximate surface area is 123 Å². The minimum atomic E-state index is -4.20. The second kappa shape index (κ2) is 5.64. The molecule has 1 aromatic carbocycles. The quantitative estimate of drug-likeness (QED) is 0.768. The molecule has 1 aromatic rings. The van der Waals surface area contributed by atoms with Gasteiger partial charge in [-0.3, -0.25) is 0 Å². The Morgan fingerprint density at radius 1 is 1.25 bits per heavy atom. The molecule has 2 rings (SSSR count). The van der Waals surface area contributed by atoms with Gasteiger partial charge >= 0.3 is 6.18 Å². The number of hydrogen-bond acceptors (Lipinski definition) is 1. The highest BCUT2D eigenvalue weighted by molar-refractivity contribution is 9.10. The number of rotatable bonds is 2. The van der Waals surface area contributed by atoms with Gasteiger partial charge in [-0.1, -0.05) is 22.0 Å². The fraction of sp³-hybridized carbons (Fsp3) is 0.571. The first kappa shape index (κ1) is 15.8. The summed E-state index contributed by atoms with van der Waals surface area (Å²) in [6, 6.07) is 4.50. The maximum absolute atomic E-state index is 13.7. The Kier molecular flexibility index (Phi) is 4.44. The maximum atomic E-state index is 13.7. The third-order valence-corrected chi connectivity index (χ3v) is 4.41. The van der Waals surface area contributed by atoms with Gasteiger partial charge in [-0.05, 0) is 43.4 Å². The van der Waals surface area contributed by atoms with Crippen molar-refractivity contribution in [2.75, 3.05) is 0 Å². The molecule has 112 valence electrons. The summed E-state index contributed by atoms with van der Waals surface area (Å²) in [7, 11) is 0. The highest BCUT2D eigenvalue weighted by Gasteiger charge is 2.45. The summed E-state index contributed by atoms with van der Waals surface area (Å²) in [5.74, 6) is -1.80. The van der Waals surface area contributed by atoms with Crippen LogP contribution in [-0.4, -0.2) is 16.9 Å². The molecule has 20 heavy (non-hydrogen) atoms. The molecule has 1 aliphatic rings. The topological polar surface area (TPSA) is 20.2 Å². The van der Waals surface area contributed by atoms with Gasteiger partial charge in [0.05, 0.1) is 11.5 Å².